The minimum atomic E-state index is -2.43. The second-order valence-corrected chi connectivity index (χ2v) is 8.33. The van der Waals surface area contributed by atoms with Gasteiger partial charge in [-0.3, -0.25) is 4.79 Å². The number of rotatable bonds is 7. The molecule has 22 heavy (non-hydrogen) atoms. The van der Waals surface area contributed by atoms with Gasteiger partial charge in [-0.1, -0.05) is 5.92 Å². The largest absolute Gasteiger partial charge is 0.383 e. The van der Waals surface area contributed by atoms with E-state index >= 15 is 0 Å². The molecule has 0 aliphatic rings. The summed E-state index contributed by atoms with van der Waals surface area (Å²) in [5.41, 5.74) is 1.14. The topological polar surface area (TPSA) is 67.4 Å². The van der Waals surface area contributed by atoms with Gasteiger partial charge in [-0.2, -0.15) is 0 Å². The first-order valence-electron chi connectivity index (χ1n) is 7.00. The lowest BCUT2D eigenvalue weighted by Crippen LogP contribution is -2.28. The number of ether oxygens (including phenoxy) is 1. The first-order valence-corrected chi connectivity index (χ1v) is 9.60. The highest BCUT2D eigenvalue weighted by Crippen LogP contribution is 2.35. The van der Waals surface area contributed by atoms with Crippen LogP contribution in [-0.2, 0) is 9.30 Å². The molecule has 0 aromatic heterocycles. The zero-order chi connectivity index (χ0) is 16.6. The van der Waals surface area contributed by atoms with Gasteiger partial charge in [0.25, 0.3) is 5.91 Å². The van der Waals surface area contributed by atoms with Crippen molar-refractivity contribution in [3.05, 3.63) is 23.8 Å². The quantitative estimate of drug-likeness (QED) is 0.456. The van der Waals surface area contributed by atoms with Gasteiger partial charge in [0.15, 0.2) is 0 Å². The monoisotopic (exact) mass is 322 g/mol. The smallest absolute Gasteiger partial charge is 0.253 e. The van der Waals surface area contributed by atoms with Gasteiger partial charge < -0.3 is 19.9 Å². The molecule has 0 bridgehead atoms. The molecule has 0 aliphatic heterocycles. The summed E-state index contributed by atoms with van der Waals surface area (Å²) >= 11 is 0. The SMILES string of the molecule is CC#CCNc1ccc(P(C)(C)=O)cc1C(=O)NCCOC. The Morgan fingerprint density at radius 2 is 2.09 bits per heavy atom. The molecule has 0 atom stereocenters. The van der Waals surface area contributed by atoms with Crippen LogP contribution >= 0.6 is 7.14 Å². The first-order chi connectivity index (χ1) is 10.4. The maximum Gasteiger partial charge on any atom is 0.253 e. The number of carbonyl (C=O) groups excluding carboxylic acids is 1. The van der Waals surface area contributed by atoms with Crippen molar-refractivity contribution in [2.45, 2.75) is 6.92 Å². The molecule has 5 nitrogen and oxygen atoms in total. The molecule has 1 rings (SSSR count). The molecular weight excluding hydrogens is 299 g/mol. The average molecular weight is 322 g/mol. The summed E-state index contributed by atoms with van der Waals surface area (Å²) in [7, 11) is -0.851. The van der Waals surface area contributed by atoms with Crippen LogP contribution in [-0.4, -0.2) is 46.0 Å². The third kappa shape index (κ3) is 5.55. The molecule has 0 spiro atoms. The van der Waals surface area contributed by atoms with Gasteiger partial charge in [-0.05, 0) is 38.5 Å². The molecular formula is C16H23N2O3P. The van der Waals surface area contributed by atoms with E-state index in [0.717, 1.165) is 0 Å². The Bertz CT molecular complexity index is 626. The summed E-state index contributed by atoms with van der Waals surface area (Å²) in [6.07, 6.45) is 0. The van der Waals surface area contributed by atoms with Crippen LogP contribution in [0.2, 0.25) is 0 Å². The first kappa shape index (κ1) is 18.3. The van der Waals surface area contributed by atoms with Gasteiger partial charge in [0, 0.05) is 24.6 Å². The van der Waals surface area contributed by atoms with Crippen molar-refractivity contribution in [3.63, 3.8) is 0 Å². The Morgan fingerprint density at radius 3 is 2.68 bits per heavy atom. The second kappa shape index (κ2) is 8.63. The minimum absolute atomic E-state index is 0.223. The summed E-state index contributed by atoms with van der Waals surface area (Å²) in [5, 5.41) is 6.57. The zero-order valence-corrected chi connectivity index (χ0v) is 14.4. The van der Waals surface area contributed by atoms with Crippen molar-refractivity contribution in [3.8, 4) is 11.8 Å². The van der Waals surface area contributed by atoms with E-state index < -0.39 is 7.14 Å². The summed E-state index contributed by atoms with van der Waals surface area (Å²) in [4.78, 5) is 12.3. The van der Waals surface area contributed by atoms with Crippen LogP contribution in [0.3, 0.4) is 0 Å². The fourth-order valence-electron chi connectivity index (χ4n) is 1.80. The fraction of sp³-hybridized carbons (Fsp3) is 0.438. The molecule has 1 aromatic rings. The van der Waals surface area contributed by atoms with E-state index in [1.54, 1.807) is 45.6 Å². The fourth-order valence-corrected chi connectivity index (χ4v) is 2.67. The standard InChI is InChI=1S/C16H23N2O3P/c1-5-6-9-17-15-8-7-13(22(3,4)20)12-14(15)16(19)18-10-11-21-2/h7-8,12,17H,9-11H2,1-4H3,(H,18,19). The molecule has 0 fully saturated rings. The highest BCUT2D eigenvalue weighted by atomic mass is 31.2. The summed E-state index contributed by atoms with van der Waals surface area (Å²) in [6.45, 7) is 6.44. The predicted molar refractivity (Wildman–Crippen MR) is 91.7 cm³/mol. The maximum absolute atomic E-state index is 12.3. The van der Waals surface area contributed by atoms with Crippen molar-refractivity contribution in [2.75, 3.05) is 45.5 Å². The Kier molecular flexibility index (Phi) is 7.17. The Hall–Kier alpha value is -1.76. The van der Waals surface area contributed by atoms with Crippen LogP contribution in [0.5, 0.6) is 0 Å². The number of carbonyl (C=O) groups is 1. The van der Waals surface area contributed by atoms with E-state index in [9.17, 15) is 9.36 Å². The van der Waals surface area contributed by atoms with Crippen LogP contribution in [0.25, 0.3) is 0 Å². The van der Waals surface area contributed by atoms with Crippen molar-refractivity contribution in [2.24, 2.45) is 0 Å². The average Bonchev–Trinajstić information content (AvgIpc) is 2.46. The molecule has 0 unspecified atom stereocenters. The van der Waals surface area contributed by atoms with Gasteiger partial charge in [0.1, 0.15) is 7.14 Å². The Morgan fingerprint density at radius 1 is 1.36 bits per heavy atom. The van der Waals surface area contributed by atoms with E-state index in [0.29, 0.717) is 36.3 Å². The molecule has 1 amide bonds. The second-order valence-electron chi connectivity index (χ2n) is 5.11. The lowest BCUT2D eigenvalue weighted by atomic mass is 10.1. The summed E-state index contributed by atoms with van der Waals surface area (Å²) in [6, 6.07) is 5.25. The van der Waals surface area contributed by atoms with Gasteiger partial charge in [-0.15, -0.1) is 5.92 Å². The summed E-state index contributed by atoms with van der Waals surface area (Å²) in [5.74, 6) is 5.46. The molecule has 1 aromatic carbocycles. The van der Waals surface area contributed by atoms with Crippen LogP contribution in [0.1, 0.15) is 17.3 Å². The number of benzene rings is 1. The normalized spacial score (nSPS) is 10.5. The van der Waals surface area contributed by atoms with Crippen LogP contribution in [0.15, 0.2) is 18.2 Å². The molecule has 120 valence electrons. The maximum atomic E-state index is 12.3. The third-order valence-corrected chi connectivity index (χ3v) is 4.53. The zero-order valence-electron chi connectivity index (χ0n) is 13.5. The van der Waals surface area contributed by atoms with Crippen molar-refractivity contribution in [1.29, 1.82) is 0 Å². The third-order valence-electron chi connectivity index (χ3n) is 3.01. The minimum Gasteiger partial charge on any atom is -0.383 e. The number of amides is 1. The van der Waals surface area contributed by atoms with E-state index in [1.807, 2.05) is 0 Å². The van der Waals surface area contributed by atoms with E-state index in [-0.39, 0.29) is 5.91 Å². The van der Waals surface area contributed by atoms with E-state index in [4.69, 9.17) is 4.74 Å². The Balaban J connectivity index is 3.06. The van der Waals surface area contributed by atoms with Gasteiger partial charge in [0.2, 0.25) is 0 Å². The molecule has 0 saturated carbocycles. The predicted octanol–water partition coefficient (Wildman–Crippen LogP) is 1.75. The van der Waals surface area contributed by atoms with Crippen molar-refractivity contribution in [1.82, 2.24) is 5.32 Å². The van der Waals surface area contributed by atoms with Gasteiger partial charge >= 0.3 is 0 Å². The lowest BCUT2D eigenvalue weighted by molar-refractivity contribution is 0.0938. The number of hydrogen-bond donors (Lipinski definition) is 2. The van der Waals surface area contributed by atoms with Gasteiger partial charge in [0.05, 0.1) is 18.7 Å². The number of nitrogens with one attached hydrogen (secondary N) is 2. The number of methoxy groups -OCH3 is 1. The van der Waals surface area contributed by atoms with E-state index in [2.05, 4.69) is 22.5 Å². The lowest BCUT2D eigenvalue weighted by Gasteiger charge is -2.14. The van der Waals surface area contributed by atoms with Crippen LogP contribution < -0.4 is 15.9 Å². The number of anilines is 1. The van der Waals surface area contributed by atoms with Crippen molar-refractivity contribution < 1.29 is 14.1 Å². The van der Waals surface area contributed by atoms with Crippen LogP contribution in [0, 0.1) is 11.8 Å². The molecule has 0 aliphatic carbocycles. The van der Waals surface area contributed by atoms with Crippen molar-refractivity contribution >= 4 is 24.0 Å². The molecule has 6 heteroatoms. The van der Waals surface area contributed by atoms with Crippen LogP contribution in [0.4, 0.5) is 5.69 Å². The van der Waals surface area contributed by atoms with E-state index in [1.165, 1.54) is 0 Å². The molecule has 0 radical (unpaired) electrons. The molecule has 0 heterocycles. The Labute approximate surface area is 132 Å². The van der Waals surface area contributed by atoms with Gasteiger partial charge in [-0.25, -0.2) is 0 Å². The summed E-state index contributed by atoms with van der Waals surface area (Å²) < 4.78 is 17.2. The molecule has 2 N–H and O–H groups in total. The highest BCUT2D eigenvalue weighted by molar-refractivity contribution is 7.70. The molecule has 0 saturated heterocycles. The highest BCUT2D eigenvalue weighted by Gasteiger charge is 2.17. The number of hydrogen-bond acceptors (Lipinski definition) is 4.